The van der Waals surface area contributed by atoms with Gasteiger partial charge in [0.1, 0.15) is 0 Å². The number of aromatic nitrogens is 2. The van der Waals surface area contributed by atoms with Crippen LogP contribution in [0.3, 0.4) is 0 Å². The van der Waals surface area contributed by atoms with Crippen LogP contribution in [0.15, 0.2) is 10.7 Å². The van der Waals surface area contributed by atoms with Gasteiger partial charge in [0, 0.05) is 6.20 Å². The third kappa shape index (κ3) is 3.49. The molecule has 1 atom stereocenters. The maximum Gasteiger partial charge on any atom is 0.425 e. The van der Waals surface area contributed by atoms with Crippen LogP contribution in [0.5, 0.6) is 5.88 Å². The summed E-state index contributed by atoms with van der Waals surface area (Å²) in [6, 6.07) is 0. The van der Waals surface area contributed by atoms with Crippen molar-refractivity contribution in [1.29, 1.82) is 0 Å². The van der Waals surface area contributed by atoms with Crippen molar-refractivity contribution < 1.29 is 17.9 Å². The molecule has 1 aromatic heterocycles. The molecule has 0 bridgehead atoms. The summed E-state index contributed by atoms with van der Waals surface area (Å²) in [6.45, 7) is 0.877. The van der Waals surface area contributed by atoms with Crippen LogP contribution >= 0.6 is 27.5 Å². The van der Waals surface area contributed by atoms with Gasteiger partial charge in [-0.2, -0.15) is 18.2 Å². The maximum absolute atomic E-state index is 12.2. The van der Waals surface area contributed by atoms with E-state index in [1.807, 2.05) is 0 Å². The number of hydrogen-bond acceptors (Lipinski definition) is 3. The normalized spacial score (nSPS) is 13.7. The van der Waals surface area contributed by atoms with E-state index in [0.29, 0.717) is 0 Å². The van der Waals surface area contributed by atoms with Crippen molar-refractivity contribution in [2.24, 2.45) is 0 Å². The molecule has 1 aromatic rings. The van der Waals surface area contributed by atoms with E-state index in [0.717, 1.165) is 6.92 Å². The molecule has 0 saturated carbocycles. The quantitative estimate of drug-likeness (QED) is 0.787. The summed E-state index contributed by atoms with van der Waals surface area (Å²) in [5.41, 5.74) is 0. The number of halogens is 5. The fourth-order valence-electron chi connectivity index (χ4n) is 0.648. The molecule has 0 spiro atoms. The molecule has 1 rings (SSSR count). The zero-order chi connectivity index (χ0) is 11.6. The van der Waals surface area contributed by atoms with Gasteiger partial charge in [-0.3, -0.25) is 0 Å². The van der Waals surface area contributed by atoms with Gasteiger partial charge in [-0.05, 0) is 34.5 Å². The van der Waals surface area contributed by atoms with E-state index in [2.05, 4.69) is 30.6 Å². The second kappa shape index (κ2) is 4.52. The third-order valence-electron chi connectivity index (χ3n) is 1.43. The molecule has 0 saturated heterocycles. The van der Waals surface area contributed by atoms with Crippen LogP contribution in [-0.2, 0) is 0 Å². The van der Waals surface area contributed by atoms with E-state index < -0.39 is 12.3 Å². The lowest BCUT2D eigenvalue weighted by atomic mass is 10.4. The summed E-state index contributed by atoms with van der Waals surface area (Å²) in [5, 5.41) is -0.178. The lowest BCUT2D eigenvalue weighted by Crippen LogP contribution is -2.31. The molecule has 84 valence electrons. The first-order chi connectivity index (χ1) is 6.80. The zero-order valence-electron chi connectivity index (χ0n) is 7.35. The highest BCUT2D eigenvalue weighted by Crippen LogP contribution is 2.28. The van der Waals surface area contributed by atoms with Crippen molar-refractivity contribution in [1.82, 2.24) is 9.97 Å². The SMILES string of the molecule is CC(Oc1nc(Cl)ncc1Br)C(F)(F)F. The van der Waals surface area contributed by atoms with E-state index in [1.165, 1.54) is 6.20 Å². The summed E-state index contributed by atoms with van der Waals surface area (Å²) in [6.07, 6.45) is -5.19. The Labute approximate surface area is 96.7 Å². The van der Waals surface area contributed by atoms with Crippen molar-refractivity contribution in [3.05, 3.63) is 16.0 Å². The molecular formula is C7H5BrClF3N2O. The highest BCUT2D eigenvalue weighted by atomic mass is 79.9. The summed E-state index contributed by atoms with van der Waals surface area (Å²) >= 11 is 8.36. The van der Waals surface area contributed by atoms with Crippen LogP contribution in [0.1, 0.15) is 6.92 Å². The lowest BCUT2D eigenvalue weighted by Gasteiger charge is -2.17. The van der Waals surface area contributed by atoms with E-state index in [1.54, 1.807) is 0 Å². The first-order valence-corrected chi connectivity index (χ1v) is 4.89. The van der Waals surface area contributed by atoms with Crippen molar-refractivity contribution in [2.75, 3.05) is 0 Å². The molecule has 0 aliphatic heterocycles. The largest absolute Gasteiger partial charge is 0.464 e. The summed E-state index contributed by atoms with van der Waals surface area (Å²) in [5.74, 6) is -0.236. The smallest absolute Gasteiger partial charge is 0.425 e. The summed E-state index contributed by atoms with van der Waals surface area (Å²) in [4.78, 5) is 7.07. The van der Waals surface area contributed by atoms with Gasteiger partial charge in [-0.15, -0.1) is 0 Å². The number of ether oxygens (including phenoxy) is 1. The van der Waals surface area contributed by atoms with Gasteiger partial charge in [0.05, 0.1) is 4.47 Å². The van der Waals surface area contributed by atoms with Crippen molar-refractivity contribution in [3.63, 3.8) is 0 Å². The van der Waals surface area contributed by atoms with E-state index in [4.69, 9.17) is 11.6 Å². The number of rotatable bonds is 2. The Bertz CT molecular complexity index is 361. The fraction of sp³-hybridized carbons (Fsp3) is 0.429. The molecule has 0 aromatic carbocycles. The topological polar surface area (TPSA) is 35.0 Å². The Morgan fingerprint density at radius 3 is 2.67 bits per heavy atom. The molecule has 1 unspecified atom stereocenters. The van der Waals surface area contributed by atoms with E-state index in [-0.39, 0.29) is 15.6 Å². The molecule has 0 amide bonds. The molecule has 3 nitrogen and oxygen atoms in total. The summed E-state index contributed by atoms with van der Waals surface area (Å²) < 4.78 is 41.2. The van der Waals surface area contributed by atoms with Crippen molar-refractivity contribution >= 4 is 27.5 Å². The Morgan fingerprint density at radius 1 is 1.53 bits per heavy atom. The minimum absolute atomic E-state index is 0.178. The molecule has 15 heavy (non-hydrogen) atoms. The van der Waals surface area contributed by atoms with Gasteiger partial charge in [0.25, 0.3) is 0 Å². The Balaban J connectivity index is 2.85. The molecule has 0 radical (unpaired) electrons. The van der Waals surface area contributed by atoms with Gasteiger partial charge in [0.2, 0.25) is 11.2 Å². The molecule has 0 aliphatic carbocycles. The Hall–Kier alpha value is -0.560. The van der Waals surface area contributed by atoms with Gasteiger partial charge in [-0.1, -0.05) is 0 Å². The van der Waals surface area contributed by atoms with Crippen molar-refractivity contribution in [3.8, 4) is 5.88 Å². The molecule has 0 aliphatic rings. The number of nitrogens with zero attached hydrogens (tertiary/aromatic N) is 2. The predicted octanol–water partition coefficient (Wildman–Crippen LogP) is 3.22. The van der Waals surface area contributed by atoms with Gasteiger partial charge in [-0.25, -0.2) is 4.98 Å². The maximum atomic E-state index is 12.2. The van der Waals surface area contributed by atoms with Crippen LogP contribution in [0.4, 0.5) is 13.2 Å². The molecular weight excluding hydrogens is 300 g/mol. The van der Waals surface area contributed by atoms with Gasteiger partial charge >= 0.3 is 6.18 Å². The minimum atomic E-state index is -4.45. The second-order valence-electron chi connectivity index (χ2n) is 2.59. The number of alkyl halides is 3. The molecule has 1 heterocycles. The van der Waals surface area contributed by atoms with Crippen molar-refractivity contribution in [2.45, 2.75) is 19.2 Å². The van der Waals surface area contributed by atoms with Crippen LogP contribution in [0.2, 0.25) is 5.28 Å². The monoisotopic (exact) mass is 304 g/mol. The second-order valence-corrected chi connectivity index (χ2v) is 3.79. The average Bonchev–Trinajstić information content (AvgIpc) is 2.09. The van der Waals surface area contributed by atoms with Crippen LogP contribution in [0, 0.1) is 0 Å². The zero-order valence-corrected chi connectivity index (χ0v) is 9.69. The highest BCUT2D eigenvalue weighted by Gasteiger charge is 2.38. The van der Waals surface area contributed by atoms with Crippen LogP contribution in [0.25, 0.3) is 0 Å². The number of hydrogen-bond donors (Lipinski definition) is 0. The average molecular weight is 305 g/mol. The van der Waals surface area contributed by atoms with E-state index in [9.17, 15) is 13.2 Å². The molecule has 0 fully saturated rings. The standard InChI is InChI=1S/C7H5BrClF3N2O/c1-3(7(10,11)12)15-5-4(8)2-13-6(9)14-5/h2-3H,1H3. The van der Waals surface area contributed by atoms with Crippen LogP contribution in [-0.4, -0.2) is 22.2 Å². The summed E-state index contributed by atoms with van der Waals surface area (Å²) in [7, 11) is 0. The molecule has 0 N–H and O–H groups in total. The Morgan fingerprint density at radius 2 is 2.13 bits per heavy atom. The minimum Gasteiger partial charge on any atom is -0.464 e. The molecule has 8 heteroatoms. The highest BCUT2D eigenvalue weighted by molar-refractivity contribution is 9.10. The van der Waals surface area contributed by atoms with Gasteiger partial charge in [0.15, 0.2) is 6.10 Å². The predicted molar refractivity (Wildman–Crippen MR) is 50.9 cm³/mol. The van der Waals surface area contributed by atoms with Gasteiger partial charge < -0.3 is 4.74 Å². The first-order valence-electron chi connectivity index (χ1n) is 3.72. The first kappa shape index (κ1) is 12.5. The van der Waals surface area contributed by atoms with Crippen LogP contribution < -0.4 is 4.74 Å². The lowest BCUT2D eigenvalue weighted by molar-refractivity contribution is -0.190. The fourth-order valence-corrected chi connectivity index (χ4v) is 1.06. The Kier molecular flexibility index (Phi) is 3.77. The third-order valence-corrected chi connectivity index (χ3v) is 2.16. The van der Waals surface area contributed by atoms with E-state index >= 15 is 0 Å².